The lowest BCUT2D eigenvalue weighted by atomic mass is 9.52. The van der Waals surface area contributed by atoms with Crippen molar-refractivity contribution in [3.05, 3.63) is 0 Å². The van der Waals surface area contributed by atoms with Crippen molar-refractivity contribution in [2.75, 3.05) is 19.8 Å². The van der Waals surface area contributed by atoms with E-state index in [2.05, 4.69) is 13.8 Å². The van der Waals surface area contributed by atoms with Crippen molar-refractivity contribution < 1.29 is 14.6 Å². The van der Waals surface area contributed by atoms with Crippen molar-refractivity contribution in [3.63, 3.8) is 0 Å². The van der Waals surface area contributed by atoms with Gasteiger partial charge < -0.3 is 14.6 Å². The average Bonchev–Trinajstić information content (AvgIpc) is 2.51. The Bertz CT molecular complexity index is 219. The Morgan fingerprint density at radius 3 is 2.21 bits per heavy atom. The lowest BCUT2D eigenvalue weighted by Crippen LogP contribution is -2.57. The molecule has 0 aromatic carbocycles. The molecule has 0 unspecified atom stereocenters. The molecule has 3 heteroatoms. The molecule has 82 valence electrons. The highest BCUT2D eigenvalue weighted by atomic mass is 16.7. The van der Waals surface area contributed by atoms with Crippen molar-refractivity contribution in [3.8, 4) is 0 Å². The minimum absolute atomic E-state index is 0.133. The summed E-state index contributed by atoms with van der Waals surface area (Å²) in [6.07, 6.45) is 1.01. The SMILES string of the molecule is CC1([C@@H]2C[C@H](CO)C2(C)C)OCCO1. The van der Waals surface area contributed by atoms with Gasteiger partial charge in [0, 0.05) is 12.5 Å². The number of rotatable bonds is 2. The molecule has 3 nitrogen and oxygen atoms in total. The standard InChI is InChI=1S/C11H20O3/c1-10(2)8(7-12)6-9(10)11(3)13-4-5-14-11/h8-9,12H,4-7H2,1-3H3/t8-,9-/m1/s1. The van der Waals surface area contributed by atoms with Crippen LogP contribution in [0.2, 0.25) is 0 Å². The maximum atomic E-state index is 9.18. The van der Waals surface area contributed by atoms with Crippen molar-refractivity contribution in [2.24, 2.45) is 17.3 Å². The summed E-state index contributed by atoms with van der Waals surface area (Å²) in [6.45, 7) is 8.09. The molecule has 1 saturated heterocycles. The largest absolute Gasteiger partial charge is 0.396 e. The van der Waals surface area contributed by atoms with Crippen molar-refractivity contribution in [2.45, 2.75) is 33.0 Å². The van der Waals surface area contributed by atoms with Gasteiger partial charge in [-0.15, -0.1) is 0 Å². The van der Waals surface area contributed by atoms with E-state index in [1.165, 1.54) is 0 Å². The van der Waals surface area contributed by atoms with Crippen molar-refractivity contribution in [1.82, 2.24) is 0 Å². The fourth-order valence-electron chi connectivity index (χ4n) is 2.95. The van der Waals surface area contributed by atoms with Crippen LogP contribution in [-0.4, -0.2) is 30.7 Å². The average molecular weight is 200 g/mol. The Morgan fingerprint density at radius 1 is 1.21 bits per heavy atom. The van der Waals surface area contributed by atoms with Crippen LogP contribution in [0.4, 0.5) is 0 Å². The van der Waals surface area contributed by atoms with E-state index in [1.807, 2.05) is 6.92 Å². The Hall–Kier alpha value is -0.120. The molecule has 1 N–H and O–H groups in total. The summed E-state index contributed by atoms with van der Waals surface area (Å²) in [6, 6.07) is 0. The Balaban J connectivity index is 2.07. The summed E-state index contributed by atoms with van der Waals surface area (Å²) in [5.74, 6) is 0.404. The first-order valence-electron chi connectivity index (χ1n) is 5.39. The molecular weight excluding hydrogens is 180 g/mol. The quantitative estimate of drug-likeness (QED) is 0.732. The smallest absolute Gasteiger partial charge is 0.169 e. The first-order chi connectivity index (χ1) is 6.50. The van der Waals surface area contributed by atoms with Gasteiger partial charge in [-0.05, 0) is 24.7 Å². The van der Waals surface area contributed by atoms with Crippen LogP contribution in [0.3, 0.4) is 0 Å². The Labute approximate surface area is 85.4 Å². The minimum atomic E-state index is -0.408. The number of aliphatic hydroxyl groups is 1. The van der Waals surface area contributed by atoms with Gasteiger partial charge in [-0.25, -0.2) is 0 Å². The topological polar surface area (TPSA) is 38.7 Å². The molecule has 0 amide bonds. The van der Waals surface area contributed by atoms with E-state index in [9.17, 15) is 5.11 Å². The van der Waals surface area contributed by atoms with Gasteiger partial charge >= 0.3 is 0 Å². The zero-order chi connectivity index (χ0) is 10.4. The molecule has 1 saturated carbocycles. The third-order valence-electron chi connectivity index (χ3n) is 4.18. The predicted octanol–water partition coefficient (Wildman–Crippen LogP) is 1.40. The van der Waals surface area contributed by atoms with Crippen LogP contribution < -0.4 is 0 Å². The van der Waals surface area contributed by atoms with E-state index in [0.717, 1.165) is 6.42 Å². The molecule has 1 aliphatic heterocycles. The number of hydrogen-bond donors (Lipinski definition) is 1. The number of ether oxygens (including phenoxy) is 2. The van der Waals surface area contributed by atoms with E-state index < -0.39 is 5.79 Å². The fraction of sp³-hybridized carbons (Fsp3) is 1.00. The molecule has 1 aliphatic carbocycles. The van der Waals surface area contributed by atoms with Crippen LogP contribution in [0.1, 0.15) is 27.2 Å². The van der Waals surface area contributed by atoms with Gasteiger partial charge in [0.1, 0.15) is 0 Å². The highest BCUT2D eigenvalue weighted by Gasteiger charge is 2.58. The monoisotopic (exact) mass is 200 g/mol. The van der Waals surface area contributed by atoms with Gasteiger partial charge in [0.05, 0.1) is 13.2 Å². The van der Waals surface area contributed by atoms with Crippen LogP contribution in [0.25, 0.3) is 0 Å². The van der Waals surface area contributed by atoms with E-state index in [1.54, 1.807) is 0 Å². The summed E-state index contributed by atoms with van der Waals surface area (Å²) in [4.78, 5) is 0. The molecule has 2 atom stereocenters. The highest BCUT2D eigenvalue weighted by molar-refractivity contribution is 5.02. The van der Waals surface area contributed by atoms with Gasteiger partial charge in [-0.2, -0.15) is 0 Å². The summed E-state index contributed by atoms with van der Waals surface area (Å²) < 4.78 is 11.3. The van der Waals surface area contributed by atoms with Crippen LogP contribution in [0, 0.1) is 17.3 Å². The lowest BCUT2D eigenvalue weighted by molar-refractivity contribution is -0.256. The van der Waals surface area contributed by atoms with Crippen molar-refractivity contribution >= 4 is 0 Å². The van der Waals surface area contributed by atoms with Gasteiger partial charge in [0.25, 0.3) is 0 Å². The van der Waals surface area contributed by atoms with Gasteiger partial charge in [-0.1, -0.05) is 13.8 Å². The zero-order valence-electron chi connectivity index (χ0n) is 9.25. The molecule has 0 spiro atoms. The second-order valence-electron chi connectivity index (χ2n) is 5.20. The number of hydrogen-bond acceptors (Lipinski definition) is 3. The predicted molar refractivity (Wildman–Crippen MR) is 52.8 cm³/mol. The second-order valence-corrected chi connectivity index (χ2v) is 5.20. The molecular formula is C11H20O3. The first-order valence-corrected chi connectivity index (χ1v) is 5.39. The first kappa shape index (κ1) is 10.4. The van der Waals surface area contributed by atoms with E-state index in [-0.39, 0.29) is 12.0 Å². The summed E-state index contributed by atoms with van der Waals surface area (Å²) in [5, 5.41) is 9.18. The molecule has 1 heterocycles. The van der Waals surface area contributed by atoms with E-state index in [4.69, 9.17) is 9.47 Å². The molecule has 2 fully saturated rings. The van der Waals surface area contributed by atoms with Crippen LogP contribution in [-0.2, 0) is 9.47 Å². The second kappa shape index (κ2) is 3.19. The van der Waals surface area contributed by atoms with Crippen molar-refractivity contribution in [1.29, 1.82) is 0 Å². The lowest BCUT2D eigenvalue weighted by Gasteiger charge is -2.56. The summed E-state index contributed by atoms with van der Waals surface area (Å²) in [5.41, 5.74) is 0.133. The van der Waals surface area contributed by atoms with Gasteiger partial charge in [0.2, 0.25) is 0 Å². The normalized spacial score (nSPS) is 39.4. The minimum Gasteiger partial charge on any atom is -0.396 e. The Kier molecular flexibility index (Phi) is 2.37. The summed E-state index contributed by atoms with van der Waals surface area (Å²) in [7, 11) is 0. The third kappa shape index (κ3) is 1.30. The fourth-order valence-corrected chi connectivity index (χ4v) is 2.95. The molecule has 0 radical (unpaired) electrons. The highest BCUT2D eigenvalue weighted by Crippen LogP contribution is 2.57. The third-order valence-corrected chi connectivity index (χ3v) is 4.18. The van der Waals surface area contributed by atoms with E-state index in [0.29, 0.717) is 25.0 Å². The van der Waals surface area contributed by atoms with Crippen LogP contribution in [0.5, 0.6) is 0 Å². The molecule has 0 aromatic heterocycles. The molecule has 0 bridgehead atoms. The zero-order valence-corrected chi connectivity index (χ0v) is 9.25. The maximum absolute atomic E-state index is 9.18. The number of aliphatic hydroxyl groups excluding tert-OH is 1. The van der Waals surface area contributed by atoms with E-state index >= 15 is 0 Å². The van der Waals surface area contributed by atoms with Gasteiger partial charge in [0.15, 0.2) is 5.79 Å². The molecule has 14 heavy (non-hydrogen) atoms. The van der Waals surface area contributed by atoms with Crippen LogP contribution >= 0.6 is 0 Å². The van der Waals surface area contributed by atoms with Gasteiger partial charge in [-0.3, -0.25) is 0 Å². The molecule has 2 aliphatic rings. The maximum Gasteiger partial charge on any atom is 0.169 e. The van der Waals surface area contributed by atoms with Crippen LogP contribution in [0.15, 0.2) is 0 Å². The molecule has 2 rings (SSSR count). The summed E-state index contributed by atoms with van der Waals surface area (Å²) >= 11 is 0. The Morgan fingerprint density at radius 2 is 1.79 bits per heavy atom. The molecule has 0 aromatic rings.